The minimum atomic E-state index is 0.116. The van der Waals surface area contributed by atoms with Crippen molar-refractivity contribution in [3.63, 3.8) is 0 Å². The van der Waals surface area contributed by atoms with Gasteiger partial charge in [-0.3, -0.25) is 0 Å². The summed E-state index contributed by atoms with van der Waals surface area (Å²) >= 11 is 0. The Morgan fingerprint density at radius 2 is 2.23 bits per heavy atom. The van der Waals surface area contributed by atoms with Gasteiger partial charge in [0.15, 0.2) is 5.82 Å². The molecule has 0 aliphatic rings. The van der Waals surface area contributed by atoms with E-state index in [0.717, 1.165) is 0 Å². The van der Waals surface area contributed by atoms with Gasteiger partial charge in [0.05, 0.1) is 0 Å². The fraction of sp³-hybridized carbons (Fsp3) is 0.750. The minimum absolute atomic E-state index is 0.116. The summed E-state index contributed by atoms with van der Waals surface area (Å²) < 4.78 is 4.88. The number of nitrogens with zero attached hydrogens (tertiary/aromatic N) is 2. The quantitative estimate of drug-likeness (QED) is 0.726. The van der Waals surface area contributed by atoms with Crippen molar-refractivity contribution < 1.29 is 9.63 Å². The van der Waals surface area contributed by atoms with E-state index in [-0.39, 0.29) is 18.6 Å². The first-order chi connectivity index (χ1) is 6.13. The standard InChI is InChI=1S/C8H15N3O2/c1-5(4-12)6(2)9-8-10-7(3)11-13-8/h5-6,12H,4H2,1-3H3,(H,9,10,11). The summed E-state index contributed by atoms with van der Waals surface area (Å²) in [5, 5.41) is 15.5. The molecular weight excluding hydrogens is 170 g/mol. The van der Waals surface area contributed by atoms with Crippen LogP contribution in [0.4, 0.5) is 6.01 Å². The van der Waals surface area contributed by atoms with Crippen LogP contribution >= 0.6 is 0 Å². The maximum absolute atomic E-state index is 8.88. The van der Waals surface area contributed by atoms with Crippen LogP contribution in [0.1, 0.15) is 19.7 Å². The van der Waals surface area contributed by atoms with Crippen molar-refractivity contribution in [1.82, 2.24) is 10.1 Å². The third-order valence-corrected chi connectivity index (χ3v) is 2.02. The molecule has 0 aliphatic carbocycles. The first kappa shape index (κ1) is 9.98. The molecule has 13 heavy (non-hydrogen) atoms. The first-order valence-corrected chi connectivity index (χ1v) is 4.31. The zero-order chi connectivity index (χ0) is 9.84. The van der Waals surface area contributed by atoms with Gasteiger partial charge in [-0.15, -0.1) is 0 Å². The average molecular weight is 185 g/mol. The van der Waals surface area contributed by atoms with E-state index >= 15 is 0 Å². The molecule has 5 nitrogen and oxygen atoms in total. The van der Waals surface area contributed by atoms with E-state index in [2.05, 4.69) is 15.5 Å². The second kappa shape index (κ2) is 4.23. The molecule has 0 saturated heterocycles. The predicted octanol–water partition coefficient (Wildman–Crippen LogP) is 0.807. The van der Waals surface area contributed by atoms with Gasteiger partial charge in [0.1, 0.15) is 0 Å². The number of aliphatic hydroxyl groups excluding tert-OH is 1. The van der Waals surface area contributed by atoms with Gasteiger partial charge in [-0.05, 0) is 19.8 Å². The minimum Gasteiger partial charge on any atom is -0.396 e. The highest BCUT2D eigenvalue weighted by Gasteiger charge is 2.13. The molecule has 2 N–H and O–H groups in total. The third-order valence-electron chi connectivity index (χ3n) is 2.02. The maximum Gasteiger partial charge on any atom is 0.321 e. The number of nitrogens with one attached hydrogen (secondary N) is 1. The lowest BCUT2D eigenvalue weighted by Crippen LogP contribution is -2.26. The van der Waals surface area contributed by atoms with Gasteiger partial charge in [-0.25, -0.2) is 0 Å². The Hall–Kier alpha value is -1.10. The van der Waals surface area contributed by atoms with Gasteiger partial charge in [0.25, 0.3) is 0 Å². The highest BCUT2D eigenvalue weighted by atomic mass is 16.5. The zero-order valence-electron chi connectivity index (χ0n) is 8.11. The highest BCUT2D eigenvalue weighted by Crippen LogP contribution is 2.09. The van der Waals surface area contributed by atoms with Crippen LogP contribution in [0.3, 0.4) is 0 Å². The summed E-state index contributed by atoms with van der Waals surface area (Å²) in [5.74, 6) is 0.763. The summed E-state index contributed by atoms with van der Waals surface area (Å²) in [6.45, 7) is 5.80. The van der Waals surface area contributed by atoms with Gasteiger partial charge in [-0.1, -0.05) is 12.1 Å². The molecular formula is C8H15N3O2. The molecule has 5 heteroatoms. The van der Waals surface area contributed by atoms with E-state index in [4.69, 9.17) is 9.63 Å². The smallest absolute Gasteiger partial charge is 0.321 e. The van der Waals surface area contributed by atoms with Crippen LogP contribution in [-0.2, 0) is 0 Å². The second-order valence-corrected chi connectivity index (χ2v) is 3.24. The monoisotopic (exact) mass is 185 g/mol. The third kappa shape index (κ3) is 2.69. The lowest BCUT2D eigenvalue weighted by Gasteiger charge is -2.17. The van der Waals surface area contributed by atoms with Crippen molar-refractivity contribution in [2.75, 3.05) is 11.9 Å². The highest BCUT2D eigenvalue weighted by molar-refractivity contribution is 5.19. The second-order valence-electron chi connectivity index (χ2n) is 3.24. The predicted molar refractivity (Wildman–Crippen MR) is 48.4 cm³/mol. The van der Waals surface area contributed by atoms with E-state index < -0.39 is 0 Å². The molecule has 0 saturated carbocycles. The van der Waals surface area contributed by atoms with Crippen molar-refractivity contribution in [1.29, 1.82) is 0 Å². The van der Waals surface area contributed by atoms with Crippen LogP contribution in [0.5, 0.6) is 0 Å². The molecule has 1 rings (SSSR count). The lowest BCUT2D eigenvalue weighted by molar-refractivity contribution is 0.225. The van der Waals surface area contributed by atoms with Crippen LogP contribution in [0.2, 0.25) is 0 Å². The number of aryl methyl sites for hydroxylation is 1. The number of aliphatic hydroxyl groups is 1. The van der Waals surface area contributed by atoms with Crippen molar-refractivity contribution >= 4 is 6.01 Å². The molecule has 0 aromatic carbocycles. The van der Waals surface area contributed by atoms with E-state index in [1.54, 1.807) is 6.92 Å². The summed E-state index contributed by atoms with van der Waals surface area (Å²) in [4.78, 5) is 4.00. The van der Waals surface area contributed by atoms with Crippen LogP contribution in [-0.4, -0.2) is 27.9 Å². The lowest BCUT2D eigenvalue weighted by atomic mass is 10.1. The molecule has 0 fully saturated rings. The summed E-state index contributed by atoms with van der Waals surface area (Å²) in [5.41, 5.74) is 0. The summed E-state index contributed by atoms with van der Waals surface area (Å²) in [6.07, 6.45) is 0. The van der Waals surface area contributed by atoms with Crippen LogP contribution in [0.25, 0.3) is 0 Å². The molecule has 2 atom stereocenters. The van der Waals surface area contributed by atoms with Crippen molar-refractivity contribution in [3.8, 4) is 0 Å². The Kier molecular flexibility index (Phi) is 3.25. The van der Waals surface area contributed by atoms with Crippen molar-refractivity contribution in [3.05, 3.63) is 5.82 Å². The van der Waals surface area contributed by atoms with E-state index in [1.165, 1.54) is 0 Å². The van der Waals surface area contributed by atoms with Gasteiger partial charge in [0, 0.05) is 12.6 Å². The van der Waals surface area contributed by atoms with E-state index in [1.807, 2.05) is 13.8 Å². The van der Waals surface area contributed by atoms with E-state index in [0.29, 0.717) is 11.8 Å². The molecule has 1 aromatic heterocycles. The Morgan fingerprint density at radius 3 is 2.69 bits per heavy atom. The van der Waals surface area contributed by atoms with Crippen LogP contribution in [0, 0.1) is 12.8 Å². The van der Waals surface area contributed by atoms with Gasteiger partial charge in [-0.2, -0.15) is 4.98 Å². The molecule has 0 aliphatic heterocycles. The molecule has 74 valence electrons. The van der Waals surface area contributed by atoms with Crippen molar-refractivity contribution in [2.24, 2.45) is 5.92 Å². The summed E-state index contributed by atoms with van der Waals surface area (Å²) in [7, 11) is 0. The molecule has 0 radical (unpaired) electrons. The maximum atomic E-state index is 8.88. The average Bonchev–Trinajstić information content (AvgIpc) is 2.49. The van der Waals surface area contributed by atoms with Crippen LogP contribution in [0.15, 0.2) is 4.52 Å². The molecule has 0 spiro atoms. The Bertz CT molecular complexity index is 262. The fourth-order valence-electron chi connectivity index (χ4n) is 0.851. The van der Waals surface area contributed by atoms with Gasteiger partial charge < -0.3 is 14.9 Å². The summed E-state index contributed by atoms with van der Waals surface area (Å²) in [6, 6.07) is 0.523. The number of rotatable bonds is 4. The van der Waals surface area contributed by atoms with E-state index in [9.17, 15) is 0 Å². The zero-order valence-corrected chi connectivity index (χ0v) is 8.11. The van der Waals surface area contributed by atoms with Crippen LogP contribution < -0.4 is 5.32 Å². The Morgan fingerprint density at radius 1 is 1.54 bits per heavy atom. The largest absolute Gasteiger partial charge is 0.396 e. The first-order valence-electron chi connectivity index (χ1n) is 4.31. The molecule has 1 aromatic rings. The topological polar surface area (TPSA) is 71.2 Å². The Labute approximate surface area is 77.2 Å². The number of hydrogen-bond donors (Lipinski definition) is 2. The number of hydrogen-bond acceptors (Lipinski definition) is 5. The number of anilines is 1. The molecule has 2 unspecified atom stereocenters. The van der Waals surface area contributed by atoms with Crippen molar-refractivity contribution in [2.45, 2.75) is 26.8 Å². The molecule has 1 heterocycles. The fourth-order valence-corrected chi connectivity index (χ4v) is 0.851. The normalized spacial score (nSPS) is 15.4. The Balaban J connectivity index is 2.49. The van der Waals surface area contributed by atoms with Gasteiger partial charge in [0.2, 0.25) is 0 Å². The molecule has 0 amide bonds. The SMILES string of the molecule is Cc1noc(NC(C)C(C)CO)n1. The molecule has 0 bridgehead atoms. The number of aromatic nitrogens is 2. The van der Waals surface area contributed by atoms with Gasteiger partial charge >= 0.3 is 6.01 Å².